The Kier molecular flexibility index (Phi) is 2.47. The van der Waals surface area contributed by atoms with Gasteiger partial charge in [-0.25, -0.2) is 9.97 Å². The molecule has 0 spiro atoms. The van der Waals surface area contributed by atoms with Gasteiger partial charge in [0.15, 0.2) is 0 Å². The van der Waals surface area contributed by atoms with Crippen LogP contribution >= 0.6 is 0 Å². The molecule has 0 atom stereocenters. The number of aryl methyl sites for hydroxylation is 1. The molecule has 7 heteroatoms. The maximum atomic E-state index is 11.8. The lowest BCUT2D eigenvalue weighted by molar-refractivity contribution is 0.692. The molecule has 7 nitrogen and oxygen atoms in total. The second kappa shape index (κ2) is 3.94. The Hall–Kier alpha value is -2.49. The number of nitriles is 1. The van der Waals surface area contributed by atoms with Gasteiger partial charge in [-0.2, -0.15) is 9.94 Å². The Labute approximate surface area is 90.6 Å². The summed E-state index contributed by atoms with van der Waals surface area (Å²) in [5, 5.41) is 12.4. The second-order valence-corrected chi connectivity index (χ2v) is 2.97. The molecule has 0 N–H and O–H groups in total. The van der Waals surface area contributed by atoms with E-state index in [4.69, 9.17) is 5.26 Å². The summed E-state index contributed by atoms with van der Waals surface area (Å²) in [6.07, 6.45) is 4.39. The Morgan fingerprint density at radius 2 is 2.31 bits per heavy atom. The smallest absolute Gasteiger partial charge is 0.295 e. The molecule has 0 saturated heterocycles. The lowest BCUT2D eigenvalue weighted by Gasteiger charge is -2.02. The van der Waals surface area contributed by atoms with Gasteiger partial charge in [0.1, 0.15) is 12.4 Å². The van der Waals surface area contributed by atoms with Crippen molar-refractivity contribution in [3.8, 4) is 11.9 Å². The predicted molar refractivity (Wildman–Crippen MR) is 53.8 cm³/mol. The van der Waals surface area contributed by atoms with Gasteiger partial charge in [0.2, 0.25) is 5.82 Å². The molecule has 0 bridgehead atoms. The lowest BCUT2D eigenvalue weighted by atomic mass is 10.6. The van der Waals surface area contributed by atoms with Crippen LogP contribution in [0.3, 0.4) is 0 Å². The Balaban J connectivity index is 2.57. The van der Waals surface area contributed by atoms with E-state index >= 15 is 0 Å². The number of hydrogen-bond acceptors (Lipinski definition) is 5. The van der Waals surface area contributed by atoms with E-state index < -0.39 is 0 Å². The summed E-state index contributed by atoms with van der Waals surface area (Å²) < 4.78 is 2.70. The molecule has 2 rings (SSSR count). The van der Waals surface area contributed by atoms with Crippen molar-refractivity contribution in [2.24, 2.45) is 0 Å². The van der Waals surface area contributed by atoms with Gasteiger partial charge in [0, 0.05) is 18.9 Å². The van der Waals surface area contributed by atoms with Crippen LogP contribution in [0, 0.1) is 11.3 Å². The fourth-order valence-electron chi connectivity index (χ4n) is 1.26. The SMILES string of the molecule is CCn1ccnc(-n2cnc(C#N)n2)c1=O. The first kappa shape index (κ1) is 10.0. The van der Waals surface area contributed by atoms with Crippen molar-refractivity contribution in [2.45, 2.75) is 13.5 Å². The van der Waals surface area contributed by atoms with Gasteiger partial charge in [-0.05, 0) is 6.92 Å². The van der Waals surface area contributed by atoms with E-state index in [9.17, 15) is 4.79 Å². The van der Waals surface area contributed by atoms with E-state index in [-0.39, 0.29) is 17.2 Å². The summed E-state index contributed by atoms with van der Waals surface area (Å²) in [5.41, 5.74) is -0.264. The van der Waals surface area contributed by atoms with Crippen LogP contribution in [-0.4, -0.2) is 24.3 Å². The van der Waals surface area contributed by atoms with E-state index in [0.29, 0.717) is 6.54 Å². The predicted octanol–water partition coefficient (Wildman–Crippen LogP) is -0.284. The average molecular weight is 216 g/mol. The number of nitrogens with zero attached hydrogens (tertiary/aromatic N) is 6. The first-order valence-corrected chi connectivity index (χ1v) is 4.64. The highest BCUT2D eigenvalue weighted by Gasteiger charge is 2.08. The molecule has 0 radical (unpaired) electrons. The topological polar surface area (TPSA) is 89.4 Å². The maximum Gasteiger partial charge on any atom is 0.295 e. The van der Waals surface area contributed by atoms with Crippen LogP contribution in [0.2, 0.25) is 0 Å². The van der Waals surface area contributed by atoms with Crippen molar-refractivity contribution in [1.29, 1.82) is 5.26 Å². The standard InChI is InChI=1S/C9H8N6O/c1-2-14-4-3-11-8(9(14)16)15-6-12-7(5-10)13-15/h3-4,6H,2H2,1H3. The van der Waals surface area contributed by atoms with E-state index in [1.807, 2.05) is 6.92 Å². The molecule has 0 saturated carbocycles. The maximum absolute atomic E-state index is 11.8. The third-order valence-corrected chi connectivity index (χ3v) is 2.05. The summed E-state index contributed by atoms with van der Waals surface area (Å²) >= 11 is 0. The van der Waals surface area contributed by atoms with Crippen molar-refractivity contribution < 1.29 is 0 Å². The fraction of sp³-hybridized carbons (Fsp3) is 0.222. The van der Waals surface area contributed by atoms with Crippen molar-refractivity contribution in [3.05, 3.63) is 34.9 Å². The van der Waals surface area contributed by atoms with E-state index in [1.165, 1.54) is 21.8 Å². The molecule has 0 aliphatic carbocycles. The first-order chi connectivity index (χ1) is 7.76. The zero-order chi connectivity index (χ0) is 11.5. The number of rotatable bonds is 2. The van der Waals surface area contributed by atoms with Gasteiger partial charge < -0.3 is 4.57 Å². The van der Waals surface area contributed by atoms with Crippen LogP contribution in [0.15, 0.2) is 23.5 Å². The summed E-state index contributed by atoms with van der Waals surface area (Å²) in [7, 11) is 0. The van der Waals surface area contributed by atoms with Gasteiger partial charge in [-0.3, -0.25) is 4.79 Å². The highest BCUT2D eigenvalue weighted by molar-refractivity contribution is 5.17. The molecule has 0 fully saturated rings. The second-order valence-electron chi connectivity index (χ2n) is 2.97. The van der Waals surface area contributed by atoms with Crippen molar-refractivity contribution in [1.82, 2.24) is 24.3 Å². The molecule has 2 heterocycles. The number of aromatic nitrogens is 5. The third kappa shape index (κ3) is 1.56. The van der Waals surface area contributed by atoms with E-state index in [2.05, 4.69) is 15.1 Å². The molecule has 0 amide bonds. The largest absolute Gasteiger partial charge is 0.311 e. The Bertz CT molecular complexity index is 605. The zero-order valence-electron chi connectivity index (χ0n) is 8.53. The average Bonchev–Trinajstić information content (AvgIpc) is 2.78. The van der Waals surface area contributed by atoms with Crippen molar-refractivity contribution >= 4 is 0 Å². The molecular weight excluding hydrogens is 208 g/mol. The van der Waals surface area contributed by atoms with Gasteiger partial charge >= 0.3 is 0 Å². The molecule has 0 aliphatic heterocycles. The minimum atomic E-state index is -0.264. The van der Waals surface area contributed by atoms with Crippen LogP contribution < -0.4 is 5.56 Å². The monoisotopic (exact) mass is 216 g/mol. The molecule has 0 unspecified atom stereocenters. The van der Waals surface area contributed by atoms with Gasteiger partial charge in [0.25, 0.3) is 11.4 Å². The normalized spacial score (nSPS) is 10.0. The molecule has 80 valence electrons. The van der Waals surface area contributed by atoms with E-state index in [0.717, 1.165) is 0 Å². The highest BCUT2D eigenvalue weighted by atomic mass is 16.1. The molecule has 0 aromatic carbocycles. The molecule has 2 aromatic heterocycles. The van der Waals surface area contributed by atoms with Crippen LogP contribution in [0.25, 0.3) is 5.82 Å². The van der Waals surface area contributed by atoms with Crippen molar-refractivity contribution in [3.63, 3.8) is 0 Å². The zero-order valence-corrected chi connectivity index (χ0v) is 8.53. The van der Waals surface area contributed by atoms with Crippen molar-refractivity contribution in [2.75, 3.05) is 0 Å². The van der Waals surface area contributed by atoms with Crippen LogP contribution in [0.5, 0.6) is 0 Å². The molecule has 0 aliphatic rings. The Morgan fingerprint density at radius 3 is 2.94 bits per heavy atom. The van der Waals surface area contributed by atoms with Crippen LogP contribution in [0.1, 0.15) is 12.7 Å². The fourth-order valence-corrected chi connectivity index (χ4v) is 1.26. The molecule has 2 aromatic rings. The summed E-state index contributed by atoms with van der Waals surface area (Å²) in [4.78, 5) is 19.5. The lowest BCUT2D eigenvalue weighted by Crippen LogP contribution is -2.24. The van der Waals surface area contributed by atoms with E-state index in [1.54, 1.807) is 12.3 Å². The van der Waals surface area contributed by atoms with Crippen LogP contribution in [-0.2, 0) is 6.54 Å². The quantitative estimate of drug-likeness (QED) is 0.688. The summed E-state index contributed by atoms with van der Waals surface area (Å²) in [5.74, 6) is 0.145. The van der Waals surface area contributed by atoms with Crippen LogP contribution in [0.4, 0.5) is 0 Å². The summed E-state index contributed by atoms with van der Waals surface area (Å²) in [6, 6.07) is 1.79. The number of hydrogen-bond donors (Lipinski definition) is 0. The summed E-state index contributed by atoms with van der Waals surface area (Å²) in [6.45, 7) is 2.40. The van der Waals surface area contributed by atoms with Gasteiger partial charge in [-0.15, -0.1) is 5.10 Å². The third-order valence-electron chi connectivity index (χ3n) is 2.05. The minimum Gasteiger partial charge on any atom is -0.311 e. The van der Waals surface area contributed by atoms with Gasteiger partial charge in [-0.1, -0.05) is 0 Å². The molecular formula is C9H8N6O. The first-order valence-electron chi connectivity index (χ1n) is 4.64. The Morgan fingerprint density at radius 1 is 1.50 bits per heavy atom. The van der Waals surface area contributed by atoms with Gasteiger partial charge in [0.05, 0.1) is 0 Å². The molecule has 16 heavy (non-hydrogen) atoms. The highest BCUT2D eigenvalue weighted by Crippen LogP contribution is 1.95. The minimum absolute atomic E-state index is 0.00750.